The van der Waals surface area contributed by atoms with Crippen LogP contribution in [-0.4, -0.2) is 40.0 Å². The number of benzene rings is 3. The number of rotatable bonds is 6. The van der Waals surface area contributed by atoms with E-state index in [1.54, 1.807) is 30.5 Å². The molecule has 1 atom stereocenters. The number of hydrogen-bond donors (Lipinski definition) is 3. The summed E-state index contributed by atoms with van der Waals surface area (Å²) in [6.07, 6.45) is 1.63. The molecule has 3 aromatic carbocycles. The number of phenols is 1. The van der Waals surface area contributed by atoms with Gasteiger partial charge in [-0.25, -0.2) is 0 Å². The summed E-state index contributed by atoms with van der Waals surface area (Å²) in [5.41, 5.74) is 3.26. The number of phenolic OH excluding ortho intramolecular Hbond substituents is 1. The van der Waals surface area contributed by atoms with Gasteiger partial charge in [0.1, 0.15) is 11.5 Å². The maximum Gasteiger partial charge on any atom is 0.300 e. The summed E-state index contributed by atoms with van der Waals surface area (Å²) in [6.45, 7) is 5.83. The molecule has 0 spiro atoms. The van der Waals surface area contributed by atoms with Crippen molar-refractivity contribution in [3.8, 4) is 5.75 Å². The van der Waals surface area contributed by atoms with E-state index in [0.29, 0.717) is 16.8 Å². The van der Waals surface area contributed by atoms with Crippen LogP contribution in [0.15, 0.2) is 84.6 Å². The molecule has 7 heteroatoms. The summed E-state index contributed by atoms with van der Waals surface area (Å²) in [6, 6.07) is 20.4. The van der Waals surface area contributed by atoms with Crippen molar-refractivity contribution in [1.29, 1.82) is 0 Å². The Hall–Kier alpha value is -4.52. The number of hydrogen-bond acceptors (Lipinski definition) is 5. The van der Waals surface area contributed by atoms with E-state index in [9.17, 15) is 19.8 Å². The number of carbonyl (C=O) groups is 2. The first-order valence-corrected chi connectivity index (χ1v) is 12.0. The molecule has 36 heavy (non-hydrogen) atoms. The van der Waals surface area contributed by atoms with Crippen LogP contribution in [0.4, 0.5) is 11.4 Å². The molecule has 1 unspecified atom stereocenters. The number of amides is 1. The van der Waals surface area contributed by atoms with Crippen molar-refractivity contribution in [3.05, 3.63) is 95.7 Å². The summed E-state index contributed by atoms with van der Waals surface area (Å²) in [4.78, 5) is 33.5. The molecule has 0 aliphatic carbocycles. The molecular formula is C29H27N3O4. The van der Waals surface area contributed by atoms with E-state index in [-0.39, 0.29) is 17.1 Å². The highest BCUT2D eigenvalue weighted by Gasteiger charge is 2.47. The van der Waals surface area contributed by atoms with E-state index in [4.69, 9.17) is 0 Å². The van der Waals surface area contributed by atoms with Crippen LogP contribution in [-0.2, 0) is 9.59 Å². The predicted octanol–water partition coefficient (Wildman–Crippen LogP) is 5.35. The maximum atomic E-state index is 13.4. The highest BCUT2D eigenvalue weighted by atomic mass is 16.3. The van der Waals surface area contributed by atoms with Crippen molar-refractivity contribution in [2.45, 2.75) is 19.9 Å². The van der Waals surface area contributed by atoms with Crippen LogP contribution in [0.1, 0.15) is 31.0 Å². The maximum absolute atomic E-state index is 13.4. The zero-order chi connectivity index (χ0) is 25.4. The van der Waals surface area contributed by atoms with Crippen molar-refractivity contribution >= 4 is 39.7 Å². The lowest BCUT2D eigenvalue weighted by Gasteiger charge is -2.27. The summed E-state index contributed by atoms with van der Waals surface area (Å²) in [5, 5.41) is 22.4. The topological polar surface area (TPSA) is 96.9 Å². The Morgan fingerprint density at radius 2 is 1.69 bits per heavy atom. The molecule has 0 bridgehead atoms. The summed E-state index contributed by atoms with van der Waals surface area (Å²) >= 11 is 0. The highest BCUT2D eigenvalue weighted by Crippen LogP contribution is 2.43. The summed E-state index contributed by atoms with van der Waals surface area (Å²) in [7, 11) is 0. The molecule has 0 saturated carbocycles. The largest absolute Gasteiger partial charge is 0.508 e. The number of ketones is 1. The number of aliphatic hydroxyl groups is 1. The minimum atomic E-state index is -0.912. The Labute approximate surface area is 208 Å². The number of aromatic amines is 1. The average Bonchev–Trinajstić information content (AvgIpc) is 3.44. The number of nitrogens with one attached hydrogen (secondary N) is 1. The first-order valence-electron chi connectivity index (χ1n) is 12.0. The van der Waals surface area contributed by atoms with Gasteiger partial charge in [-0.05, 0) is 61.9 Å². The van der Waals surface area contributed by atoms with Crippen molar-refractivity contribution in [2.24, 2.45) is 0 Å². The van der Waals surface area contributed by atoms with Crippen molar-refractivity contribution in [2.75, 3.05) is 22.9 Å². The number of para-hydroxylation sites is 1. The van der Waals surface area contributed by atoms with Gasteiger partial charge in [-0.2, -0.15) is 0 Å². The molecule has 1 fully saturated rings. The van der Waals surface area contributed by atoms with Crippen LogP contribution >= 0.6 is 0 Å². The SMILES string of the molecule is CCN(CC)c1ccc(N2C(=O)C(=O)/C(=C(\O)c3c[nH]c4ccccc34)C2c2cccc(O)c2)cc1. The van der Waals surface area contributed by atoms with E-state index in [1.807, 2.05) is 36.4 Å². The van der Waals surface area contributed by atoms with Gasteiger partial charge in [-0.1, -0.05) is 30.3 Å². The van der Waals surface area contributed by atoms with Gasteiger partial charge in [0, 0.05) is 47.1 Å². The van der Waals surface area contributed by atoms with Crippen molar-refractivity contribution < 1.29 is 19.8 Å². The van der Waals surface area contributed by atoms with Crippen LogP contribution in [0.2, 0.25) is 0 Å². The van der Waals surface area contributed by atoms with Gasteiger partial charge in [0.25, 0.3) is 11.7 Å². The first-order chi connectivity index (χ1) is 17.4. The monoisotopic (exact) mass is 481 g/mol. The fraction of sp³-hybridized carbons (Fsp3) is 0.172. The molecule has 0 radical (unpaired) electrons. The minimum Gasteiger partial charge on any atom is -0.508 e. The van der Waals surface area contributed by atoms with Gasteiger partial charge in [0.05, 0.1) is 11.6 Å². The van der Waals surface area contributed by atoms with Crippen molar-refractivity contribution in [1.82, 2.24) is 4.98 Å². The molecule has 4 aromatic rings. The molecule has 1 aliphatic rings. The van der Waals surface area contributed by atoms with Crippen LogP contribution in [0.3, 0.4) is 0 Å². The van der Waals surface area contributed by atoms with Gasteiger partial charge in [-0.3, -0.25) is 14.5 Å². The van der Waals surface area contributed by atoms with Crippen LogP contribution in [0, 0.1) is 0 Å². The Bertz CT molecular complexity index is 1480. The smallest absolute Gasteiger partial charge is 0.300 e. The zero-order valence-corrected chi connectivity index (χ0v) is 20.1. The van der Waals surface area contributed by atoms with Gasteiger partial charge < -0.3 is 20.1 Å². The lowest BCUT2D eigenvalue weighted by atomic mass is 9.95. The number of Topliss-reactive ketones (excluding diaryl/α,β-unsaturated/α-hetero) is 1. The summed E-state index contributed by atoms with van der Waals surface area (Å²) < 4.78 is 0. The zero-order valence-electron chi connectivity index (χ0n) is 20.1. The molecule has 7 nitrogen and oxygen atoms in total. The number of fused-ring (bicyclic) bond motifs is 1. The van der Waals surface area contributed by atoms with Gasteiger partial charge >= 0.3 is 0 Å². The standard InChI is InChI=1S/C29H27N3O4/c1-3-31(4-2)19-12-14-20(15-13-19)32-26(18-8-7-9-21(33)16-18)25(28(35)29(32)36)27(34)23-17-30-24-11-6-5-10-22(23)24/h5-17,26,30,33-34H,3-4H2,1-2H3/b27-25-. The van der Waals surface area contributed by atoms with Gasteiger partial charge in [0.15, 0.2) is 0 Å². The van der Waals surface area contributed by atoms with Crippen LogP contribution in [0.5, 0.6) is 5.75 Å². The van der Waals surface area contributed by atoms with Crippen molar-refractivity contribution in [3.63, 3.8) is 0 Å². The van der Waals surface area contributed by atoms with E-state index in [0.717, 1.165) is 29.7 Å². The number of aromatic hydroxyl groups is 1. The molecular weight excluding hydrogens is 454 g/mol. The molecule has 1 saturated heterocycles. The normalized spacial score (nSPS) is 17.2. The second-order valence-corrected chi connectivity index (χ2v) is 8.70. The van der Waals surface area contributed by atoms with E-state index < -0.39 is 17.7 Å². The fourth-order valence-electron chi connectivity index (χ4n) is 4.93. The second-order valence-electron chi connectivity index (χ2n) is 8.70. The molecule has 1 aromatic heterocycles. The Balaban J connectivity index is 1.69. The Morgan fingerprint density at radius 3 is 2.39 bits per heavy atom. The van der Waals surface area contributed by atoms with E-state index in [1.165, 1.54) is 17.0 Å². The fourth-order valence-corrected chi connectivity index (χ4v) is 4.93. The molecule has 5 rings (SSSR count). The number of anilines is 2. The lowest BCUT2D eigenvalue weighted by molar-refractivity contribution is -0.132. The third-order valence-corrected chi connectivity index (χ3v) is 6.73. The third kappa shape index (κ3) is 3.79. The molecule has 182 valence electrons. The Kier molecular flexibility index (Phi) is 5.98. The van der Waals surface area contributed by atoms with Crippen LogP contribution in [0.25, 0.3) is 16.7 Å². The quantitative estimate of drug-likeness (QED) is 0.196. The molecule has 1 amide bonds. The Morgan fingerprint density at radius 1 is 0.972 bits per heavy atom. The summed E-state index contributed by atoms with van der Waals surface area (Å²) in [5.74, 6) is -1.78. The third-order valence-electron chi connectivity index (χ3n) is 6.73. The number of carbonyl (C=O) groups excluding carboxylic acids is 2. The highest BCUT2D eigenvalue weighted by molar-refractivity contribution is 6.51. The number of aromatic nitrogens is 1. The van der Waals surface area contributed by atoms with E-state index >= 15 is 0 Å². The number of nitrogens with zero attached hydrogens (tertiary/aromatic N) is 2. The molecule has 2 heterocycles. The molecule has 1 aliphatic heterocycles. The number of H-pyrrole nitrogens is 1. The van der Waals surface area contributed by atoms with Gasteiger partial charge in [0.2, 0.25) is 0 Å². The second kappa shape index (κ2) is 9.26. The predicted molar refractivity (Wildman–Crippen MR) is 141 cm³/mol. The van der Waals surface area contributed by atoms with E-state index in [2.05, 4.69) is 23.7 Å². The van der Waals surface area contributed by atoms with Gasteiger partial charge in [-0.15, -0.1) is 0 Å². The molecule has 3 N–H and O–H groups in total. The first kappa shape index (κ1) is 23.2. The average molecular weight is 482 g/mol. The minimum absolute atomic E-state index is 0.00191. The number of aliphatic hydroxyl groups excluding tert-OH is 1. The van der Waals surface area contributed by atoms with Crippen LogP contribution < -0.4 is 9.80 Å². The lowest BCUT2D eigenvalue weighted by Crippen LogP contribution is -2.29.